The molecule has 0 bridgehead atoms. The summed E-state index contributed by atoms with van der Waals surface area (Å²) in [6, 6.07) is 0. The third-order valence-corrected chi connectivity index (χ3v) is 2.90. The molecule has 0 aliphatic heterocycles. The zero-order valence-corrected chi connectivity index (χ0v) is 12.6. The fourth-order valence-electron chi connectivity index (χ4n) is 2.04. The van der Waals surface area contributed by atoms with Crippen molar-refractivity contribution in [1.29, 1.82) is 0 Å². The van der Waals surface area contributed by atoms with Gasteiger partial charge >= 0.3 is 0 Å². The molecule has 5 heteroatoms. The van der Waals surface area contributed by atoms with Crippen molar-refractivity contribution < 1.29 is 19.1 Å². The van der Waals surface area contributed by atoms with Gasteiger partial charge in [0.25, 0.3) is 0 Å². The van der Waals surface area contributed by atoms with E-state index in [1.165, 1.54) is 14.2 Å². The van der Waals surface area contributed by atoms with Crippen LogP contribution in [0.3, 0.4) is 0 Å². The Morgan fingerprint density at radius 2 is 1.37 bits per heavy atom. The Morgan fingerprint density at radius 1 is 0.947 bits per heavy atom. The molecule has 19 heavy (non-hydrogen) atoms. The van der Waals surface area contributed by atoms with Crippen LogP contribution >= 0.6 is 0 Å². The second-order valence-electron chi connectivity index (χ2n) is 5.15. The standard InChI is InChI=1S/C14H27NO4/c1-15(2)9-12(5-7-13(16)10-18-3)6-8-14(17)11-19-4/h12H,5-11H2,1-4H3. The van der Waals surface area contributed by atoms with Crippen LogP contribution in [0.5, 0.6) is 0 Å². The van der Waals surface area contributed by atoms with E-state index in [1.54, 1.807) is 0 Å². The molecule has 0 N–H and O–H groups in total. The molecule has 0 rings (SSSR count). The minimum absolute atomic E-state index is 0.120. The van der Waals surface area contributed by atoms with Crippen LogP contribution in [0.4, 0.5) is 0 Å². The highest BCUT2D eigenvalue weighted by Crippen LogP contribution is 2.15. The van der Waals surface area contributed by atoms with Gasteiger partial charge in [0.2, 0.25) is 0 Å². The Kier molecular flexibility index (Phi) is 10.6. The third-order valence-electron chi connectivity index (χ3n) is 2.90. The molecule has 0 aromatic carbocycles. The molecular weight excluding hydrogens is 246 g/mol. The summed E-state index contributed by atoms with van der Waals surface area (Å²) in [4.78, 5) is 25.0. The molecular formula is C14H27NO4. The topological polar surface area (TPSA) is 55.8 Å². The van der Waals surface area contributed by atoms with Crippen LogP contribution in [0.1, 0.15) is 25.7 Å². The molecule has 0 amide bonds. The number of rotatable bonds is 12. The quantitative estimate of drug-likeness (QED) is 0.534. The second kappa shape index (κ2) is 11.1. The number of nitrogens with zero attached hydrogens (tertiary/aromatic N) is 1. The van der Waals surface area contributed by atoms with Crippen LogP contribution in [0.2, 0.25) is 0 Å². The molecule has 0 spiro atoms. The summed E-state index contributed by atoms with van der Waals surface area (Å²) < 4.78 is 9.63. The van der Waals surface area contributed by atoms with E-state index in [1.807, 2.05) is 14.1 Å². The lowest BCUT2D eigenvalue weighted by Crippen LogP contribution is -2.24. The Morgan fingerprint density at radius 3 is 1.68 bits per heavy atom. The molecule has 0 saturated heterocycles. The fraction of sp³-hybridized carbons (Fsp3) is 0.857. The van der Waals surface area contributed by atoms with E-state index in [-0.39, 0.29) is 24.8 Å². The number of methoxy groups -OCH3 is 2. The zero-order chi connectivity index (χ0) is 14.7. The van der Waals surface area contributed by atoms with Crippen molar-refractivity contribution in [3.8, 4) is 0 Å². The summed E-state index contributed by atoms with van der Waals surface area (Å²) in [6.45, 7) is 1.25. The van der Waals surface area contributed by atoms with E-state index in [4.69, 9.17) is 9.47 Å². The Bertz CT molecular complexity index is 244. The first-order chi connectivity index (χ1) is 8.99. The molecule has 0 heterocycles. The molecule has 0 fully saturated rings. The van der Waals surface area contributed by atoms with Gasteiger partial charge in [0.15, 0.2) is 11.6 Å². The average Bonchev–Trinajstić information content (AvgIpc) is 2.33. The zero-order valence-electron chi connectivity index (χ0n) is 12.6. The molecule has 0 aliphatic rings. The molecule has 0 atom stereocenters. The molecule has 5 nitrogen and oxygen atoms in total. The minimum Gasteiger partial charge on any atom is -0.377 e. The highest BCUT2D eigenvalue weighted by atomic mass is 16.5. The van der Waals surface area contributed by atoms with E-state index < -0.39 is 0 Å². The predicted octanol–water partition coefficient (Wildman–Crippen LogP) is 1.16. The molecule has 0 aromatic rings. The van der Waals surface area contributed by atoms with Gasteiger partial charge in [0.05, 0.1) is 0 Å². The first-order valence-electron chi connectivity index (χ1n) is 6.65. The van der Waals surface area contributed by atoms with Crippen molar-refractivity contribution in [3.05, 3.63) is 0 Å². The molecule has 112 valence electrons. The minimum atomic E-state index is 0.120. The van der Waals surface area contributed by atoms with E-state index >= 15 is 0 Å². The van der Waals surface area contributed by atoms with Crippen molar-refractivity contribution in [3.63, 3.8) is 0 Å². The van der Waals surface area contributed by atoms with Gasteiger partial charge in [-0.25, -0.2) is 0 Å². The smallest absolute Gasteiger partial charge is 0.158 e. The SMILES string of the molecule is COCC(=O)CCC(CCC(=O)COC)CN(C)C. The summed E-state index contributed by atoms with van der Waals surface area (Å²) in [7, 11) is 7.05. The Labute approximate surface area is 116 Å². The van der Waals surface area contributed by atoms with Crippen molar-refractivity contribution in [1.82, 2.24) is 4.90 Å². The number of carbonyl (C=O) groups excluding carboxylic acids is 2. The number of Topliss-reactive ketones (excluding diaryl/α,β-unsaturated/α-hetero) is 2. The fourth-order valence-corrected chi connectivity index (χ4v) is 2.04. The Balaban J connectivity index is 4.08. The second-order valence-corrected chi connectivity index (χ2v) is 5.15. The van der Waals surface area contributed by atoms with Crippen LogP contribution < -0.4 is 0 Å². The number of ether oxygens (including phenoxy) is 2. The van der Waals surface area contributed by atoms with Crippen molar-refractivity contribution in [2.45, 2.75) is 25.7 Å². The molecule has 0 aliphatic carbocycles. The first kappa shape index (κ1) is 18.2. The van der Waals surface area contributed by atoms with Crippen LogP contribution in [-0.4, -0.2) is 64.5 Å². The summed E-state index contributed by atoms with van der Waals surface area (Å²) >= 11 is 0. The van der Waals surface area contributed by atoms with Crippen LogP contribution in [-0.2, 0) is 19.1 Å². The lowest BCUT2D eigenvalue weighted by molar-refractivity contribution is -0.123. The summed E-state index contributed by atoms with van der Waals surface area (Å²) in [6.07, 6.45) is 2.65. The van der Waals surface area contributed by atoms with E-state index in [0.29, 0.717) is 18.8 Å². The largest absolute Gasteiger partial charge is 0.377 e. The first-order valence-corrected chi connectivity index (χ1v) is 6.65. The molecule has 0 unspecified atom stereocenters. The summed E-state index contributed by atoms with van der Waals surface area (Å²) in [5.41, 5.74) is 0. The monoisotopic (exact) mass is 273 g/mol. The Hall–Kier alpha value is -0.780. The van der Waals surface area contributed by atoms with Gasteiger partial charge in [-0.3, -0.25) is 9.59 Å². The summed E-state index contributed by atoms with van der Waals surface area (Å²) in [5.74, 6) is 0.598. The van der Waals surface area contributed by atoms with Gasteiger partial charge in [0.1, 0.15) is 13.2 Å². The normalized spacial score (nSPS) is 11.3. The highest BCUT2D eigenvalue weighted by Gasteiger charge is 2.14. The molecule has 0 radical (unpaired) electrons. The van der Waals surface area contributed by atoms with Crippen molar-refractivity contribution in [2.75, 3.05) is 48.1 Å². The number of ketones is 2. The average molecular weight is 273 g/mol. The van der Waals surface area contributed by atoms with E-state index in [0.717, 1.165) is 19.4 Å². The van der Waals surface area contributed by atoms with Crippen LogP contribution in [0, 0.1) is 5.92 Å². The highest BCUT2D eigenvalue weighted by molar-refractivity contribution is 5.80. The van der Waals surface area contributed by atoms with Crippen molar-refractivity contribution >= 4 is 11.6 Å². The van der Waals surface area contributed by atoms with Gasteiger partial charge in [-0.1, -0.05) is 0 Å². The predicted molar refractivity (Wildman–Crippen MR) is 74.3 cm³/mol. The lowest BCUT2D eigenvalue weighted by Gasteiger charge is -2.20. The third kappa shape index (κ3) is 10.8. The molecule has 0 aromatic heterocycles. The number of hydrogen-bond acceptors (Lipinski definition) is 5. The van der Waals surface area contributed by atoms with Gasteiger partial charge in [-0.15, -0.1) is 0 Å². The van der Waals surface area contributed by atoms with Gasteiger partial charge in [-0.05, 0) is 32.9 Å². The van der Waals surface area contributed by atoms with Gasteiger partial charge in [0, 0.05) is 33.6 Å². The van der Waals surface area contributed by atoms with E-state index in [2.05, 4.69) is 4.90 Å². The van der Waals surface area contributed by atoms with E-state index in [9.17, 15) is 9.59 Å². The van der Waals surface area contributed by atoms with Crippen LogP contribution in [0.25, 0.3) is 0 Å². The maximum Gasteiger partial charge on any atom is 0.158 e. The van der Waals surface area contributed by atoms with Gasteiger partial charge < -0.3 is 14.4 Å². The molecule has 0 saturated carbocycles. The maximum absolute atomic E-state index is 11.4. The number of hydrogen-bond donors (Lipinski definition) is 0. The van der Waals surface area contributed by atoms with Crippen LogP contribution in [0.15, 0.2) is 0 Å². The van der Waals surface area contributed by atoms with Gasteiger partial charge in [-0.2, -0.15) is 0 Å². The summed E-state index contributed by atoms with van der Waals surface area (Å²) in [5, 5.41) is 0. The maximum atomic E-state index is 11.4. The number of carbonyl (C=O) groups is 2. The van der Waals surface area contributed by atoms with Crippen molar-refractivity contribution in [2.24, 2.45) is 5.92 Å². The lowest BCUT2D eigenvalue weighted by atomic mass is 9.95.